The molecule has 1 aliphatic heterocycles. The van der Waals surface area contributed by atoms with Gasteiger partial charge >= 0.3 is 0 Å². The molecule has 2 aliphatic rings. The number of hydrogen-bond acceptors (Lipinski definition) is 3. The van der Waals surface area contributed by atoms with E-state index < -0.39 is 0 Å². The summed E-state index contributed by atoms with van der Waals surface area (Å²) < 4.78 is 2.49. The number of aryl methyl sites for hydroxylation is 1. The minimum Gasteiger partial charge on any atom is -0.369 e. The van der Waals surface area contributed by atoms with E-state index in [0.717, 1.165) is 50.6 Å². The molecule has 1 saturated heterocycles. The average Bonchev–Trinajstić information content (AvgIpc) is 3.24. The van der Waals surface area contributed by atoms with Gasteiger partial charge in [-0.1, -0.05) is 37.5 Å². The lowest BCUT2D eigenvalue weighted by Gasteiger charge is -2.36. The largest absolute Gasteiger partial charge is 0.369 e. The number of piperazine rings is 1. The number of nitriles is 1. The van der Waals surface area contributed by atoms with Crippen molar-refractivity contribution in [1.29, 1.82) is 5.26 Å². The van der Waals surface area contributed by atoms with Crippen LogP contribution in [0.15, 0.2) is 54.7 Å². The summed E-state index contributed by atoms with van der Waals surface area (Å²) in [6.45, 7) is 6.87. The number of hydrogen-bond donors (Lipinski definition) is 0. The van der Waals surface area contributed by atoms with Crippen molar-refractivity contribution in [2.45, 2.75) is 57.9 Å². The van der Waals surface area contributed by atoms with Gasteiger partial charge in [0.2, 0.25) is 0 Å². The quantitative estimate of drug-likeness (QED) is 0.378. The van der Waals surface area contributed by atoms with E-state index in [1.807, 2.05) is 6.07 Å². The second kappa shape index (κ2) is 11.1. The molecule has 1 aliphatic carbocycles. The van der Waals surface area contributed by atoms with Gasteiger partial charge in [-0.3, -0.25) is 4.90 Å². The minimum absolute atomic E-state index is 0.778. The van der Waals surface area contributed by atoms with Crippen molar-refractivity contribution < 1.29 is 0 Å². The van der Waals surface area contributed by atoms with Gasteiger partial charge in [-0.15, -0.1) is 0 Å². The standard InChI is InChI=1S/C30H38N4/c31-22-26-14-15-30-29(21-26)27(24-34(30)23-25-9-3-1-4-10-25)11-7-8-16-32-17-19-33(20-18-32)28-12-5-2-6-13-28/h2,5-6,12-15,21,24-25H,1,3-4,7-11,16-20,23H2. The van der Waals surface area contributed by atoms with Gasteiger partial charge in [0, 0.05) is 55.5 Å². The van der Waals surface area contributed by atoms with Gasteiger partial charge in [-0.25, -0.2) is 0 Å². The fraction of sp³-hybridized carbons (Fsp3) is 0.500. The Labute approximate surface area is 204 Å². The topological polar surface area (TPSA) is 35.2 Å². The van der Waals surface area contributed by atoms with Gasteiger partial charge in [0.25, 0.3) is 0 Å². The molecule has 0 atom stereocenters. The average molecular weight is 455 g/mol. The fourth-order valence-electron chi connectivity index (χ4n) is 5.96. The second-order valence-corrected chi connectivity index (χ2v) is 10.3. The van der Waals surface area contributed by atoms with Crippen LogP contribution in [0, 0.1) is 17.2 Å². The Kier molecular flexibility index (Phi) is 7.51. The van der Waals surface area contributed by atoms with Crippen molar-refractivity contribution in [2.24, 2.45) is 5.92 Å². The number of anilines is 1. The number of para-hydroxylation sites is 1. The lowest BCUT2D eigenvalue weighted by Crippen LogP contribution is -2.46. The zero-order valence-electron chi connectivity index (χ0n) is 20.5. The molecule has 2 fully saturated rings. The monoisotopic (exact) mass is 454 g/mol. The zero-order chi connectivity index (χ0) is 23.2. The molecule has 0 amide bonds. The summed E-state index contributed by atoms with van der Waals surface area (Å²) >= 11 is 0. The van der Waals surface area contributed by atoms with Crippen molar-refractivity contribution in [3.63, 3.8) is 0 Å². The van der Waals surface area contributed by atoms with E-state index in [2.05, 4.69) is 69.1 Å². The summed E-state index contributed by atoms with van der Waals surface area (Å²) in [7, 11) is 0. The molecule has 1 saturated carbocycles. The first-order valence-electron chi connectivity index (χ1n) is 13.3. The van der Waals surface area contributed by atoms with E-state index in [0.29, 0.717) is 0 Å². The van der Waals surface area contributed by atoms with Gasteiger partial charge < -0.3 is 9.47 Å². The van der Waals surface area contributed by atoms with Crippen LogP contribution in [0.4, 0.5) is 5.69 Å². The third kappa shape index (κ3) is 5.47. The first kappa shape index (κ1) is 23.0. The molecule has 4 nitrogen and oxygen atoms in total. The molecule has 0 N–H and O–H groups in total. The van der Waals surface area contributed by atoms with Gasteiger partial charge in [-0.2, -0.15) is 5.26 Å². The normalized spacial score (nSPS) is 17.8. The maximum absolute atomic E-state index is 9.44. The number of benzene rings is 2. The number of nitrogens with zero attached hydrogens (tertiary/aromatic N) is 4. The van der Waals surface area contributed by atoms with Crippen LogP contribution < -0.4 is 4.90 Å². The van der Waals surface area contributed by atoms with E-state index in [4.69, 9.17) is 0 Å². The molecular formula is C30H38N4. The smallest absolute Gasteiger partial charge is 0.0991 e. The van der Waals surface area contributed by atoms with E-state index in [1.54, 1.807) is 0 Å². The molecule has 0 spiro atoms. The van der Waals surface area contributed by atoms with Gasteiger partial charge in [0.15, 0.2) is 0 Å². The molecule has 2 aromatic carbocycles. The highest BCUT2D eigenvalue weighted by Gasteiger charge is 2.18. The van der Waals surface area contributed by atoms with E-state index in [-0.39, 0.29) is 0 Å². The summed E-state index contributed by atoms with van der Waals surface area (Å²) in [6.07, 6.45) is 12.8. The number of unbranched alkanes of at least 4 members (excludes halogenated alkanes) is 1. The van der Waals surface area contributed by atoms with Gasteiger partial charge in [-0.05, 0) is 80.5 Å². The summed E-state index contributed by atoms with van der Waals surface area (Å²) in [6, 6.07) is 19.4. The number of aromatic nitrogens is 1. The third-order valence-corrected chi connectivity index (χ3v) is 7.94. The van der Waals surface area contributed by atoms with Crippen LogP contribution >= 0.6 is 0 Å². The van der Waals surface area contributed by atoms with Crippen molar-refractivity contribution in [3.05, 3.63) is 65.9 Å². The zero-order valence-corrected chi connectivity index (χ0v) is 20.5. The maximum atomic E-state index is 9.44. The molecule has 34 heavy (non-hydrogen) atoms. The minimum atomic E-state index is 0.778. The molecule has 5 rings (SSSR count). The Morgan fingerprint density at radius 3 is 2.44 bits per heavy atom. The Morgan fingerprint density at radius 1 is 0.882 bits per heavy atom. The lowest BCUT2D eigenvalue weighted by molar-refractivity contribution is 0.253. The highest BCUT2D eigenvalue weighted by atomic mass is 15.3. The van der Waals surface area contributed by atoms with Crippen LogP contribution in [0.2, 0.25) is 0 Å². The highest BCUT2D eigenvalue weighted by molar-refractivity contribution is 5.85. The fourth-order valence-corrected chi connectivity index (χ4v) is 5.96. The summed E-state index contributed by atoms with van der Waals surface area (Å²) in [5.74, 6) is 0.808. The van der Waals surface area contributed by atoms with Gasteiger partial charge in [0.1, 0.15) is 0 Å². The molecule has 4 heteroatoms. The van der Waals surface area contributed by atoms with Crippen molar-refractivity contribution in [2.75, 3.05) is 37.6 Å². The first-order valence-corrected chi connectivity index (χ1v) is 13.3. The Morgan fingerprint density at radius 2 is 1.68 bits per heavy atom. The molecule has 1 aromatic heterocycles. The summed E-state index contributed by atoms with van der Waals surface area (Å²) in [4.78, 5) is 5.13. The molecule has 0 radical (unpaired) electrons. The summed E-state index contributed by atoms with van der Waals surface area (Å²) in [5, 5.41) is 10.7. The number of fused-ring (bicyclic) bond motifs is 1. The predicted octanol–water partition coefficient (Wildman–Crippen LogP) is 6.24. The second-order valence-electron chi connectivity index (χ2n) is 10.3. The third-order valence-electron chi connectivity index (χ3n) is 7.94. The molecule has 2 heterocycles. The van der Waals surface area contributed by atoms with E-state index in [1.165, 1.54) is 73.6 Å². The predicted molar refractivity (Wildman–Crippen MR) is 141 cm³/mol. The van der Waals surface area contributed by atoms with E-state index >= 15 is 0 Å². The SMILES string of the molecule is N#Cc1ccc2c(c1)c(CCCCN1CCN(c3ccccc3)CC1)cn2CC1CCCCC1. The summed E-state index contributed by atoms with van der Waals surface area (Å²) in [5.41, 5.74) is 4.87. The van der Waals surface area contributed by atoms with Crippen molar-refractivity contribution in [1.82, 2.24) is 9.47 Å². The molecule has 178 valence electrons. The Hall–Kier alpha value is -2.77. The number of rotatable bonds is 8. The van der Waals surface area contributed by atoms with Gasteiger partial charge in [0.05, 0.1) is 11.6 Å². The highest BCUT2D eigenvalue weighted by Crippen LogP contribution is 2.30. The lowest BCUT2D eigenvalue weighted by atomic mass is 9.89. The van der Waals surface area contributed by atoms with Crippen LogP contribution in [0.25, 0.3) is 10.9 Å². The molecule has 0 unspecified atom stereocenters. The van der Waals surface area contributed by atoms with Crippen molar-refractivity contribution in [3.8, 4) is 6.07 Å². The van der Waals surface area contributed by atoms with E-state index in [9.17, 15) is 5.26 Å². The molecular weight excluding hydrogens is 416 g/mol. The van der Waals surface area contributed by atoms with Crippen LogP contribution in [-0.4, -0.2) is 42.2 Å². The molecule has 0 bridgehead atoms. The Balaban J connectivity index is 1.16. The van der Waals surface area contributed by atoms with Crippen LogP contribution in [0.1, 0.15) is 56.1 Å². The Bertz CT molecular complexity index is 1100. The van der Waals surface area contributed by atoms with Crippen LogP contribution in [-0.2, 0) is 13.0 Å². The molecule has 3 aromatic rings. The maximum Gasteiger partial charge on any atom is 0.0991 e. The van der Waals surface area contributed by atoms with Crippen LogP contribution in [0.5, 0.6) is 0 Å². The van der Waals surface area contributed by atoms with Crippen molar-refractivity contribution >= 4 is 16.6 Å². The first-order chi connectivity index (χ1) is 16.8. The van der Waals surface area contributed by atoms with Crippen LogP contribution in [0.3, 0.4) is 0 Å².